The van der Waals surface area contributed by atoms with Crippen LogP contribution in [0.3, 0.4) is 0 Å². The van der Waals surface area contributed by atoms with Gasteiger partial charge < -0.3 is 20.9 Å². The van der Waals surface area contributed by atoms with Gasteiger partial charge in [-0.2, -0.15) is 5.26 Å². The second kappa shape index (κ2) is 9.79. The second-order valence-corrected chi connectivity index (χ2v) is 9.23. The molecule has 1 aliphatic carbocycles. The average molecular weight is 474 g/mol. The fourth-order valence-electron chi connectivity index (χ4n) is 4.20. The lowest BCUT2D eigenvalue weighted by Crippen LogP contribution is -2.50. The number of nitrogens with one attached hydrogen (secondary N) is 4. The van der Waals surface area contributed by atoms with Gasteiger partial charge in [-0.25, -0.2) is 4.39 Å². The number of aromatic nitrogens is 1. The first kappa shape index (κ1) is 23.1. The van der Waals surface area contributed by atoms with Crippen LogP contribution in [0.25, 0.3) is 10.9 Å². The van der Waals surface area contributed by atoms with Crippen molar-refractivity contribution in [1.29, 1.82) is 5.26 Å². The van der Waals surface area contributed by atoms with Crippen LogP contribution < -0.4 is 16.0 Å². The molecule has 2 heterocycles. The molecule has 0 spiro atoms. The number of nitrogens with zero attached hydrogens (tertiary/aromatic N) is 1. The molecule has 2 unspecified atom stereocenters. The van der Waals surface area contributed by atoms with Gasteiger partial charge >= 0.3 is 0 Å². The van der Waals surface area contributed by atoms with E-state index in [0.717, 1.165) is 25.3 Å². The number of hydrogen-bond acceptors (Lipinski definition) is 4. The SMILES string of the molecule is N#CC(C[C@@H]1CCCNC1=O)NC(=O)C(CC1CC1)NC(=O)c1cc2c(F)cc(Cl)cc2[nH]1. The Morgan fingerprint density at radius 3 is 2.70 bits per heavy atom. The molecular formula is C23H25ClFN5O3. The summed E-state index contributed by atoms with van der Waals surface area (Å²) in [4.78, 5) is 40.7. The number of fused-ring (bicyclic) bond motifs is 1. The Hall–Kier alpha value is -3.12. The Bertz CT molecular complexity index is 1120. The minimum atomic E-state index is -0.846. The average Bonchev–Trinajstić information content (AvgIpc) is 3.49. The molecule has 4 N–H and O–H groups in total. The van der Waals surface area contributed by atoms with E-state index in [0.29, 0.717) is 30.8 Å². The highest BCUT2D eigenvalue weighted by Gasteiger charge is 2.33. The predicted molar refractivity (Wildman–Crippen MR) is 120 cm³/mol. The molecular weight excluding hydrogens is 449 g/mol. The predicted octanol–water partition coefficient (Wildman–Crippen LogP) is 2.78. The lowest BCUT2D eigenvalue weighted by Gasteiger charge is -2.25. The topological polar surface area (TPSA) is 127 Å². The van der Waals surface area contributed by atoms with Gasteiger partial charge in [0.25, 0.3) is 5.91 Å². The number of carbonyl (C=O) groups is 3. The lowest BCUT2D eigenvalue weighted by atomic mass is 9.92. The van der Waals surface area contributed by atoms with E-state index < -0.39 is 29.7 Å². The first-order valence-corrected chi connectivity index (χ1v) is 11.5. The number of amides is 3. The van der Waals surface area contributed by atoms with Crippen LogP contribution in [0, 0.1) is 29.0 Å². The van der Waals surface area contributed by atoms with Crippen molar-refractivity contribution in [2.75, 3.05) is 6.54 Å². The molecule has 0 bridgehead atoms. The van der Waals surface area contributed by atoms with Crippen LogP contribution in [0.1, 0.15) is 49.0 Å². The first-order valence-electron chi connectivity index (χ1n) is 11.1. The van der Waals surface area contributed by atoms with Gasteiger partial charge in [0.1, 0.15) is 23.6 Å². The van der Waals surface area contributed by atoms with Crippen molar-refractivity contribution in [3.8, 4) is 6.07 Å². The number of hydrogen-bond donors (Lipinski definition) is 4. The van der Waals surface area contributed by atoms with Gasteiger partial charge in [0.15, 0.2) is 0 Å². The van der Waals surface area contributed by atoms with Crippen molar-refractivity contribution in [1.82, 2.24) is 20.9 Å². The lowest BCUT2D eigenvalue weighted by molar-refractivity contribution is -0.128. The molecule has 10 heteroatoms. The second-order valence-electron chi connectivity index (χ2n) is 8.79. The van der Waals surface area contributed by atoms with E-state index in [1.54, 1.807) is 0 Å². The number of piperidine rings is 1. The summed E-state index contributed by atoms with van der Waals surface area (Å²) < 4.78 is 14.1. The van der Waals surface area contributed by atoms with Crippen LogP contribution in [-0.4, -0.2) is 41.3 Å². The van der Waals surface area contributed by atoms with E-state index >= 15 is 0 Å². The van der Waals surface area contributed by atoms with E-state index in [9.17, 15) is 24.0 Å². The zero-order valence-electron chi connectivity index (χ0n) is 17.9. The van der Waals surface area contributed by atoms with E-state index in [1.807, 2.05) is 0 Å². The molecule has 1 aromatic carbocycles. The van der Waals surface area contributed by atoms with Crippen molar-refractivity contribution < 1.29 is 18.8 Å². The Morgan fingerprint density at radius 1 is 1.21 bits per heavy atom. The third-order valence-electron chi connectivity index (χ3n) is 6.18. The molecule has 2 fully saturated rings. The van der Waals surface area contributed by atoms with Crippen molar-refractivity contribution in [3.05, 3.63) is 34.7 Å². The highest BCUT2D eigenvalue weighted by atomic mass is 35.5. The molecule has 0 radical (unpaired) electrons. The van der Waals surface area contributed by atoms with Gasteiger partial charge in [-0.3, -0.25) is 14.4 Å². The maximum Gasteiger partial charge on any atom is 0.268 e. The largest absolute Gasteiger partial charge is 0.356 e. The minimum absolute atomic E-state index is 0.107. The Morgan fingerprint density at radius 2 is 2.00 bits per heavy atom. The zero-order chi connectivity index (χ0) is 23.5. The molecule has 1 saturated heterocycles. The normalized spacial score (nSPS) is 19.9. The number of carbonyl (C=O) groups excluding carboxylic acids is 3. The minimum Gasteiger partial charge on any atom is -0.356 e. The van der Waals surface area contributed by atoms with E-state index in [-0.39, 0.29) is 34.3 Å². The van der Waals surface area contributed by atoms with E-state index in [2.05, 4.69) is 27.0 Å². The molecule has 4 rings (SSSR count). The summed E-state index contributed by atoms with van der Waals surface area (Å²) in [5.41, 5.74) is 0.485. The van der Waals surface area contributed by atoms with Gasteiger partial charge in [-0.05, 0) is 49.8 Å². The third-order valence-corrected chi connectivity index (χ3v) is 6.39. The molecule has 1 aliphatic heterocycles. The third kappa shape index (κ3) is 5.63. The fourth-order valence-corrected chi connectivity index (χ4v) is 4.40. The van der Waals surface area contributed by atoms with Gasteiger partial charge in [-0.15, -0.1) is 0 Å². The van der Waals surface area contributed by atoms with Crippen LogP contribution in [0.15, 0.2) is 18.2 Å². The Balaban J connectivity index is 1.44. The molecule has 8 nitrogen and oxygen atoms in total. The molecule has 1 aromatic heterocycles. The Kier molecular flexibility index (Phi) is 6.84. The van der Waals surface area contributed by atoms with Crippen LogP contribution in [0.5, 0.6) is 0 Å². The van der Waals surface area contributed by atoms with Crippen LogP contribution >= 0.6 is 11.6 Å². The number of nitriles is 1. The highest BCUT2D eigenvalue weighted by Crippen LogP contribution is 2.34. The number of benzene rings is 1. The summed E-state index contributed by atoms with van der Waals surface area (Å²) in [6.07, 6.45) is 4.11. The molecule has 3 atom stereocenters. The summed E-state index contributed by atoms with van der Waals surface area (Å²) in [6.45, 7) is 0.623. The van der Waals surface area contributed by atoms with Crippen molar-refractivity contribution in [3.63, 3.8) is 0 Å². The van der Waals surface area contributed by atoms with E-state index in [4.69, 9.17) is 11.6 Å². The Labute approximate surface area is 195 Å². The molecule has 174 valence electrons. The monoisotopic (exact) mass is 473 g/mol. The maximum absolute atomic E-state index is 14.1. The molecule has 33 heavy (non-hydrogen) atoms. The first-order chi connectivity index (χ1) is 15.8. The van der Waals surface area contributed by atoms with Crippen LogP contribution in [-0.2, 0) is 9.59 Å². The number of halogens is 2. The number of aromatic amines is 1. The summed E-state index contributed by atoms with van der Waals surface area (Å²) in [5, 5.41) is 18.1. The standard InChI is InChI=1S/C23H25ClFN5O3/c24-14-8-17(25)16-10-20(29-18(16)9-14)23(33)30-19(6-12-3-4-12)22(32)28-15(11-26)7-13-2-1-5-27-21(13)31/h8-10,12-13,15,19,29H,1-7H2,(H,27,31)(H,28,32)(H,30,33)/t13-,15?,19?/m0/s1. The van der Waals surface area contributed by atoms with Crippen LogP contribution in [0.2, 0.25) is 5.02 Å². The van der Waals surface area contributed by atoms with Gasteiger partial charge in [0.2, 0.25) is 11.8 Å². The quantitative estimate of drug-likeness (QED) is 0.470. The highest BCUT2D eigenvalue weighted by molar-refractivity contribution is 6.31. The van der Waals surface area contributed by atoms with Crippen molar-refractivity contribution in [2.45, 2.75) is 50.6 Å². The van der Waals surface area contributed by atoms with Crippen molar-refractivity contribution >= 4 is 40.2 Å². The summed E-state index contributed by atoms with van der Waals surface area (Å²) >= 11 is 5.88. The number of rotatable bonds is 8. The van der Waals surface area contributed by atoms with Gasteiger partial charge in [0.05, 0.1) is 11.6 Å². The van der Waals surface area contributed by atoms with Gasteiger partial charge in [0, 0.05) is 22.9 Å². The molecule has 1 saturated carbocycles. The maximum atomic E-state index is 14.1. The summed E-state index contributed by atoms with van der Waals surface area (Å²) in [7, 11) is 0. The smallest absolute Gasteiger partial charge is 0.268 e. The summed E-state index contributed by atoms with van der Waals surface area (Å²) in [5.74, 6) is -1.68. The molecule has 2 aromatic rings. The zero-order valence-corrected chi connectivity index (χ0v) is 18.7. The van der Waals surface area contributed by atoms with E-state index in [1.165, 1.54) is 12.1 Å². The molecule has 3 amide bonds. The number of H-pyrrole nitrogens is 1. The van der Waals surface area contributed by atoms with Gasteiger partial charge in [-0.1, -0.05) is 24.4 Å². The molecule has 2 aliphatic rings. The van der Waals surface area contributed by atoms with Crippen LogP contribution in [0.4, 0.5) is 4.39 Å². The van der Waals surface area contributed by atoms with Crippen molar-refractivity contribution in [2.24, 2.45) is 11.8 Å². The fraction of sp³-hybridized carbons (Fsp3) is 0.478. The summed E-state index contributed by atoms with van der Waals surface area (Å²) in [6, 6.07) is 4.43.